The highest BCUT2D eigenvalue weighted by atomic mass is 16.2. The maximum absolute atomic E-state index is 13.1. The van der Waals surface area contributed by atoms with Gasteiger partial charge in [0.1, 0.15) is 12.6 Å². The zero-order valence-electron chi connectivity index (χ0n) is 15.7. The van der Waals surface area contributed by atoms with Crippen molar-refractivity contribution in [3.8, 4) is 0 Å². The molecule has 1 aromatic carbocycles. The first-order valence-corrected chi connectivity index (χ1v) is 8.81. The zero-order chi connectivity index (χ0) is 20.0. The molecule has 0 saturated carbocycles. The Bertz CT molecular complexity index is 760. The van der Waals surface area contributed by atoms with E-state index < -0.39 is 0 Å². The minimum Gasteiger partial charge on any atom is -0.390 e. The molecule has 2 rings (SSSR count). The molecule has 1 N–H and O–H groups in total. The monoisotopic (exact) mass is 371 g/mol. The third-order valence-corrected chi connectivity index (χ3v) is 4.92. The summed E-state index contributed by atoms with van der Waals surface area (Å²) in [6, 6.07) is 3.09. The van der Waals surface area contributed by atoms with Crippen LogP contribution in [0.2, 0.25) is 0 Å². The van der Waals surface area contributed by atoms with Gasteiger partial charge in [-0.25, -0.2) is 0 Å². The molecule has 1 heterocycles. The van der Waals surface area contributed by atoms with Crippen LogP contribution in [0.5, 0.6) is 0 Å². The van der Waals surface area contributed by atoms with Gasteiger partial charge in [-0.15, -0.1) is 0 Å². The molecule has 0 aliphatic carbocycles. The number of nitrogens with one attached hydrogen (secondary N) is 1. The van der Waals surface area contributed by atoms with Crippen LogP contribution in [-0.2, 0) is 22.7 Å². The lowest BCUT2D eigenvalue weighted by atomic mass is 9.98. The Balaban J connectivity index is 2.33. The summed E-state index contributed by atoms with van der Waals surface area (Å²) in [5, 5.41) is 2.94. The molecular weight excluding hydrogens is 346 g/mol. The van der Waals surface area contributed by atoms with Crippen molar-refractivity contribution in [3.05, 3.63) is 46.7 Å². The SMILES string of the molecule is C=C(NC)C(CCC=O)N(C)C(=O)c1cc2c(cc1C=O)CN(CC=O)C2. The molecule has 0 fully saturated rings. The van der Waals surface area contributed by atoms with Crippen LogP contribution in [0.15, 0.2) is 24.4 Å². The van der Waals surface area contributed by atoms with Crippen LogP contribution in [0.3, 0.4) is 0 Å². The van der Waals surface area contributed by atoms with Gasteiger partial charge in [-0.2, -0.15) is 0 Å². The molecule has 7 heteroatoms. The van der Waals surface area contributed by atoms with E-state index in [-0.39, 0.29) is 11.9 Å². The van der Waals surface area contributed by atoms with E-state index in [9.17, 15) is 19.2 Å². The molecule has 0 saturated heterocycles. The van der Waals surface area contributed by atoms with E-state index in [1.165, 1.54) is 4.90 Å². The van der Waals surface area contributed by atoms with Crippen molar-refractivity contribution in [2.45, 2.75) is 32.0 Å². The van der Waals surface area contributed by atoms with Crippen molar-refractivity contribution in [1.82, 2.24) is 15.1 Å². The number of aldehydes is 3. The predicted molar refractivity (Wildman–Crippen MR) is 101 cm³/mol. The number of hydrogen-bond acceptors (Lipinski definition) is 6. The van der Waals surface area contributed by atoms with Gasteiger partial charge in [-0.05, 0) is 29.7 Å². The number of nitrogens with zero attached hydrogens (tertiary/aromatic N) is 2. The first-order chi connectivity index (χ1) is 13.0. The second kappa shape index (κ2) is 9.23. The normalized spacial score (nSPS) is 14.1. The molecule has 1 aliphatic rings. The first kappa shape index (κ1) is 20.5. The van der Waals surface area contributed by atoms with Crippen molar-refractivity contribution >= 4 is 24.8 Å². The molecule has 0 aromatic heterocycles. The van der Waals surface area contributed by atoms with Crippen LogP contribution < -0.4 is 5.32 Å². The molecule has 27 heavy (non-hydrogen) atoms. The van der Waals surface area contributed by atoms with Gasteiger partial charge in [0.2, 0.25) is 0 Å². The van der Waals surface area contributed by atoms with Crippen LogP contribution in [0.4, 0.5) is 0 Å². The van der Waals surface area contributed by atoms with Gasteiger partial charge >= 0.3 is 0 Å². The molecule has 1 atom stereocenters. The van der Waals surface area contributed by atoms with Gasteiger partial charge in [-0.3, -0.25) is 14.5 Å². The number of likely N-dealkylation sites (N-methyl/N-ethyl adjacent to an activating group) is 2. The Hall–Kier alpha value is -2.80. The van der Waals surface area contributed by atoms with Gasteiger partial charge in [-0.1, -0.05) is 6.58 Å². The summed E-state index contributed by atoms with van der Waals surface area (Å²) >= 11 is 0. The van der Waals surface area contributed by atoms with E-state index in [2.05, 4.69) is 11.9 Å². The van der Waals surface area contributed by atoms with Gasteiger partial charge in [0, 0.05) is 44.9 Å². The lowest BCUT2D eigenvalue weighted by Crippen LogP contribution is -2.41. The Morgan fingerprint density at radius 3 is 2.48 bits per heavy atom. The molecule has 0 spiro atoms. The van der Waals surface area contributed by atoms with E-state index in [4.69, 9.17) is 0 Å². The fourth-order valence-electron chi connectivity index (χ4n) is 3.38. The quantitative estimate of drug-likeness (QED) is 0.621. The summed E-state index contributed by atoms with van der Waals surface area (Å²) in [7, 11) is 3.35. The van der Waals surface area contributed by atoms with E-state index in [0.29, 0.717) is 55.6 Å². The van der Waals surface area contributed by atoms with Crippen molar-refractivity contribution in [3.63, 3.8) is 0 Å². The number of carbonyl (C=O) groups excluding carboxylic acids is 4. The Labute approximate surface area is 159 Å². The van der Waals surface area contributed by atoms with E-state index in [1.54, 1.807) is 26.2 Å². The second-order valence-electron chi connectivity index (χ2n) is 6.61. The van der Waals surface area contributed by atoms with Crippen molar-refractivity contribution < 1.29 is 19.2 Å². The van der Waals surface area contributed by atoms with Crippen LogP contribution in [0, 0.1) is 0 Å². The lowest BCUT2D eigenvalue weighted by Gasteiger charge is -2.30. The minimum absolute atomic E-state index is 0.300. The smallest absolute Gasteiger partial charge is 0.254 e. The van der Waals surface area contributed by atoms with Crippen molar-refractivity contribution in [1.29, 1.82) is 0 Å². The number of rotatable bonds is 10. The highest BCUT2D eigenvalue weighted by Crippen LogP contribution is 2.27. The molecule has 0 bridgehead atoms. The molecule has 1 amide bonds. The lowest BCUT2D eigenvalue weighted by molar-refractivity contribution is -0.109. The number of hydrogen-bond donors (Lipinski definition) is 1. The number of amides is 1. The molecule has 1 aromatic rings. The first-order valence-electron chi connectivity index (χ1n) is 8.81. The fourth-order valence-corrected chi connectivity index (χ4v) is 3.38. The maximum atomic E-state index is 13.1. The molecular formula is C20H25N3O4. The largest absolute Gasteiger partial charge is 0.390 e. The van der Waals surface area contributed by atoms with Crippen LogP contribution in [-0.4, -0.2) is 61.2 Å². The Kier molecular flexibility index (Phi) is 7.01. The molecule has 144 valence electrons. The van der Waals surface area contributed by atoms with E-state index in [0.717, 1.165) is 23.7 Å². The summed E-state index contributed by atoms with van der Waals surface area (Å²) < 4.78 is 0. The van der Waals surface area contributed by atoms with Gasteiger partial charge < -0.3 is 19.8 Å². The van der Waals surface area contributed by atoms with Gasteiger partial charge in [0.05, 0.1) is 18.2 Å². The molecule has 1 aliphatic heterocycles. The highest BCUT2D eigenvalue weighted by Gasteiger charge is 2.27. The minimum atomic E-state index is -0.369. The second-order valence-corrected chi connectivity index (χ2v) is 6.61. The summed E-state index contributed by atoms with van der Waals surface area (Å²) in [6.45, 7) is 5.38. The number of carbonyl (C=O) groups is 4. The summed E-state index contributed by atoms with van der Waals surface area (Å²) in [5.74, 6) is -0.305. The summed E-state index contributed by atoms with van der Waals surface area (Å²) in [6.07, 6.45) is 3.07. The third kappa shape index (κ3) is 4.49. The summed E-state index contributed by atoms with van der Waals surface area (Å²) in [4.78, 5) is 49.6. The zero-order valence-corrected chi connectivity index (χ0v) is 15.7. The number of benzene rings is 1. The van der Waals surface area contributed by atoms with Crippen LogP contribution >= 0.6 is 0 Å². The predicted octanol–water partition coefficient (Wildman–Crippen LogP) is 1.17. The summed E-state index contributed by atoms with van der Waals surface area (Å²) in [5.41, 5.74) is 3.16. The maximum Gasteiger partial charge on any atom is 0.254 e. The Morgan fingerprint density at radius 1 is 1.26 bits per heavy atom. The average Bonchev–Trinajstić information content (AvgIpc) is 3.07. The molecule has 7 nitrogen and oxygen atoms in total. The van der Waals surface area contributed by atoms with Gasteiger partial charge in [0.25, 0.3) is 5.91 Å². The van der Waals surface area contributed by atoms with Crippen LogP contribution in [0.1, 0.15) is 44.7 Å². The molecule has 1 unspecified atom stereocenters. The molecule has 0 radical (unpaired) electrons. The van der Waals surface area contributed by atoms with Crippen LogP contribution in [0.25, 0.3) is 0 Å². The van der Waals surface area contributed by atoms with Crippen molar-refractivity contribution in [2.24, 2.45) is 0 Å². The average molecular weight is 371 g/mol. The highest BCUT2D eigenvalue weighted by molar-refractivity contribution is 6.02. The third-order valence-electron chi connectivity index (χ3n) is 4.92. The number of fused-ring (bicyclic) bond motifs is 1. The topological polar surface area (TPSA) is 86.8 Å². The van der Waals surface area contributed by atoms with Crippen molar-refractivity contribution in [2.75, 3.05) is 20.6 Å². The Morgan fingerprint density at radius 2 is 1.93 bits per heavy atom. The van der Waals surface area contributed by atoms with Gasteiger partial charge in [0.15, 0.2) is 6.29 Å². The fraction of sp³-hybridized carbons (Fsp3) is 0.400. The van der Waals surface area contributed by atoms with E-state index >= 15 is 0 Å². The van der Waals surface area contributed by atoms with E-state index in [1.807, 2.05) is 4.90 Å². The standard InChI is InChI=1S/C20H25N3O4/c1-14(21-2)19(5-4-7-24)22(3)20(27)18-10-16-12-23(6-8-25)11-15(16)9-17(18)13-26/h7-10,13,19,21H,1,4-6,11-12H2,2-3H3.